The van der Waals surface area contributed by atoms with Gasteiger partial charge in [0.05, 0.1) is 0 Å². The Hall–Kier alpha value is -1.50. The molecule has 1 atom stereocenters. The fraction of sp³-hybridized carbons (Fsp3) is 0.0667. The Balaban J connectivity index is 1.95. The summed E-state index contributed by atoms with van der Waals surface area (Å²) in [5, 5.41) is 0.652. The number of rotatable bonds is 4. The summed E-state index contributed by atoms with van der Waals surface area (Å²) in [7, 11) is 0. The molecule has 0 aliphatic carbocycles. The molecule has 0 aliphatic rings. The summed E-state index contributed by atoms with van der Waals surface area (Å²) in [5.41, 5.74) is 1.15. The molecule has 2 aromatic rings. The Kier molecular flexibility index (Phi) is 4.43. The van der Waals surface area contributed by atoms with E-state index in [0.717, 1.165) is 10.0 Å². The molecule has 17 heavy (non-hydrogen) atoms. The SMILES string of the molecule is O=[Se](C/C=C/c1ccccc1)c1ccccc1. The van der Waals surface area contributed by atoms with Crippen molar-refractivity contribution in [3.63, 3.8) is 0 Å². The van der Waals surface area contributed by atoms with Crippen LogP contribution in [-0.4, -0.2) is 13.8 Å². The molecule has 0 saturated heterocycles. The standard InChI is InChI=1S/C15H14OSe/c16-17(15-11-5-2-6-12-15)13-7-10-14-8-3-1-4-9-14/h1-12H,13H2/b10-7+. The number of allylic oxidation sites excluding steroid dienone is 1. The van der Waals surface area contributed by atoms with Gasteiger partial charge in [0.2, 0.25) is 0 Å². The molecule has 2 heteroatoms. The van der Waals surface area contributed by atoms with Gasteiger partial charge in [0.25, 0.3) is 0 Å². The second-order valence-electron chi connectivity index (χ2n) is 3.64. The van der Waals surface area contributed by atoms with E-state index in [1.165, 1.54) is 0 Å². The zero-order valence-corrected chi connectivity index (χ0v) is 11.2. The third kappa shape index (κ3) is 3.77. The van der Waals surface area contributed by atoms with Gasteiger partial charge < -0.3 is 0 Å². The van der Waals surface area contributed by atoms with Crippen LogP contribution in [0.1, 0.15) is 5.56 Å². The van der Waals surface area contributed by atoms with Crippen molar-refractivity contribution in [2.45, 2.75) is 5.32 Å². The van der Waals surface area contributed by atoms with E-state index in [1.54, 1.807) is 0 Å². The van der Waals surface area contributed by atoms with E-state index in [2.05, 4.69) is 0 Å². The second-order valence-corrected chi connectivity index (χ2v) is 6.78. The van der Waals surface area contributed by atoms with Crippen molar-refractivity contribution in [3.05, 3.63) is 72.3 Å². The summed E-state index contributed by atoms with van der Waals surface area (Å²) in [6, 6.07) is 19.8. The fourth-order valence-electron chi connectivity index (χ4n) is 1.50. The van der Waals surface area contributed by atoms with Gasteiger partial charge in [0.15, 0.2) is 0 Å². The Bertz CT molecular complexity index is 503. The molecule has 2 rings (SSSR count). The van der Waals surface area contributed by atoms with Crippen molar-refractivity contribution in [1.82, 2.24) is 0 Å². The first-order chi connectivity index (χ1) is 8.36. The van der Waals surface area contributed by atoms with Gasteiger partial charge in [-0.2, -0.15) is 0 Å². The Labute approximate surface area is 106 Å². The monoisotopic (exact) mass is 290 g/mol. The van der Waals surface area contributed by atoms with E-state index in [9.17, 15) is 3.83 Å². The molecule has 0 radical (unpaired) electrons. The van der Waals surface area contributed by atoms with Gasteiger partial charge in [-0.15, -0.1) is 0 Å². The van der Waals surface area contributed by atoms with Gasteiger partial charge >= 0.3 is 106 Å². The van der Waals surface area contributed by atoms with E-state index in [-0.39, 0.29) is 0 Å². The molecule has 0 amide bonds. The average Bonchev–Trinajstić information content (AvgIpc) is 2.41. The third-order valence-electron chi connectivity index (χ3n) is 2.36. The molecule has 0 N–H and O–H groups in total. The summed E-state index contributed by atoms with van der Waals surface area (Å²) in [6.45, 7) is 0. The van der Waals surface area contributed by atoms with Crippen LogP contribution in [0.4, 0.5) is 0 Å². The van der Waals surface area contributed by atoms with E-state index in [1.807, 2.05) is 72.8 Å². The first-order valence-electron chi connectivity index (χ1n) is 5.51. The van der Waals surface area contributed by atoms with Crippen molar-refractivity contribution in [2.75, 3.05) is 0 Å². The summed E-state index contributed by atoms with van der Waals surface area (Å²) in [5.74, 6) is 0. The van der Waals surface area contributed by atoms with Crippen molar-refractivity contribution in [1.29, 1.82) is 0 Å². The van der Waals surface area contributed by atoms with Gasteiger partial charge in [-0.3, -0.25) is 0 Å². The van der Waals surface area contributed by atoms with Crippen LogP contribution in [-0.2, 0) is 3.83 Å². The number of benzene rings is 2. The topological polar surface area (TPSA) is 17.1 Å². The van der Waals surface area contributed by atoms with Crippen molar-refractivity contribution < 1.29 is 3.83 Å². The maximum atomic E-state index is 12.0. The predicted octanol–water partition coefficient (Wildman–Crippen LogP) is 3.03. The Morgan fingerprint density at radius 1 is 0.882 bits per heavy atom. The summed E-state index contributed by atoms with van der Waals surface area (Å²) in [6.07, 6.45) is 4.03. The van der Waals surface area contributed by atoms with E-state index < -0.39 is 13.8 Å². The minimum absolute atomic E-state index is 0.652. The molecular formula is C15H14OSe. The zero-order chi connectivity index (χ0) is 11.9. The first-order valence-corrected chi connectivity index (χ1v) is 8.28. The Morgan fingerprint density at radius 3 is 2.12 bits per heavy atom. The van der Waals surface area contributed by atoms with Crippen LogP contribution < -0.4 is 4.46 Å². The van der Waals surface area contributed by atoms with Gasteiger partial charge in [0.1, 0.15) is 0 Å². The van der Waals surface area contributed by atoms with Gasteiger partial charge in [-0.05, 0) is 0 Å². The van der Waals surface area contributed by atoms with E-state index in [0.29, 0.717) is 5.32 Å². The average molecular weight is 289 g/mol. The first kappa shape index (κ1) is 12.0. The van der Waals surface area contributed by atoms with Gasteiger partial charge in [-0.1, -0.05) is 0 Å². The normalized spacial score (nSPS) is 12.7. The van der Waals surface area contributed by atoms with Crippen LogP contribution in [0.25, 0.3) is 6.08 Å². The van der Waals surface area contributed by atoms with Crippen LogP contribution in [0, 0.1) is 0 Å². The quantitative estimate of drug-likeness (QED) is 0.791. The van der Waals surface area contributed by atoms with Crippen LogP contribution >= 0.6 is 0 Å². The number of hydrogen-bond donors (Lipinski definition) is 0. The third-order valence-corrected chi connectivity index (χ3v) is 5.08. The molecular weight excluding hydrogens is 275 g/mol. The molecule has 0 fully saturated rings. The molecule has 0 aromatic heterocycles. The van der Waals surface area contributed by atoms with Gasteiger partial charge in [-0.25, -0.2) is 0 Å². The molecule has 86 valence electrons. The summed E-state index contributed by atoms with van der Waals surface area (Å²) < 4.78 is 13.0. The van der Waals surface area contributed by atoms with Crippen LogP contribution in [0.2, 0.25) is 5.32 Å². The van der Waals surface area contributed by atoms with E-state index in [4.69, 9.17) is 0 Å². The molecule has 1 nitrogen and oxygen atoms in total. The fourth-order valence-corrected chi connectivity index (χ4v) is 3.44. The Morgan fingerprint density at radius 2 is 1.47 bits per heavy atom. The minimum atomic E-state index is -1.90. The molecule has 2 aromatic carbocycles. The van der Waals surface area contributed by atoms with E-state index >= 15 is 0 Å². The maximum absolute atomic E-state index is 12.0. The van der Waals surface area contributed by atoms with Crippen LogP contribution in [0.3, 0.4) is 0 Å². The predicted molar refractivity (Wildman–Crippen MR) is 72.8 cm³/mol. The summed E-state index contributed by atoms with van der Waals surface area (Å²) in [4.78, 5) is 0. The molecule has 0 saturated carbocycles. The number of hydrogen-bond acceptors (Lipinski definition) is 1. The molecule has 1 unspecified atom stereocenters. The zero-order valence-electron chi connectivity index (χ0n) is 9.45. The molecule has 0 spiro atoms. The molecule has 0 bridgehead atoms. The van der Waals surface area contributed by atoms with Crippen molar-refractivity contribution in [3.8, 4) is 0 Å². The summed E-state index contributed by atoms with van der Waals surface area (Å²) >= 11 is -1.90. The van der Waals surface area contributed by atoms with Crippen LogP contribution in [0.15, 0.2) is 66.7 Å². The van der Waals surface area contributed by atoms with Crippen molar-refractivity contribution >= 4 is 24.4 Å². The second kappa shape index (κ2) is 6.29. The van der Waals surface area contributed by atoms with Crippen molar-refractivity contribution in [2.24, 2.45) is 0 Å². The molecule has 0 heterocycles. The van der Waals surface area contributed by atoms with Gasteiger partial charge in [0, 0.05) is 0 Å². The molecule has 0 aliphatic heterocycles. The van der Waals surface area contributed by atoms with Crippen LogP contribution in [0.5, 0.6) is 0 Å².